The van der Waals surface area contributed by atoms with Gasteiger partial charge >= 0.3 is 0 Å². The second-order valence-corrected chi connectivity index (χ2v) is 7.35. The van der Waals surface area contributed by atoms with Crippen LogP contribution in [0.25, 0.3) is 0 Å². The van der Waals surface area contributed by atoms with Crippen LogP contribution < -0.4 is 10.1 Å². The molecule has 0 radical (unpaired) electrons. The van der Waals surface area contributed by atoms with E-state index in [0.717, 1.165) is 30.0 Å². The Morgan fingerprint density at radius 1 is 1.07 bits per heavy atom. The molecule has 1 N–H and O–H groups in total. The maximum Gasteiger partial charge on any atom is 0.254 e. The Labute approximate surface area is 167 Å². The molecule has 1 aliphatic rings. The Balaban J connectivity index is 1.51. The summed E-state index contributed by atoms with van der Waals surface area (Å²) >= 11 is 0. The van der Waals surface area contributed by atoms with Crippen LogP contribution in [0.3, 0.4) is 0 Å². The molecule has 1 heterocycles. The van der Waals surface area contributed by atoms with Crippen LogP contribution in [-0.4, -0.2) is 42.7 Å². The van der Waals surface area contributed by atoms with Crippen molar-refractivity contribution in [3.05, 3.63) is 65.2 Å². The van der Waals surface area contributed by atoms with Gasteiger partial charge in [0.05, 0.1) is 18.8 Å². The lowest BCUT2D eigenvalue weighted by atomic mass is 10.1. The van der Waals surface area contributed by atoms with Crippen LogP contribution >= 0.6 is 0 Å². The number of carbonyl (C=O) groups excluding carboxylic acids is 1. The maximum atomic E-state index is 12.7. The van der Waals surface area contributed by atoms with E-state index in [0.29, 0.717) is 19.7 Å². The predicted molar refractivity (Wildman–Crippen MR) is 111 cm³/mol. The third-order valence-electron chi connectivity index (χ3n) is 4.78. The van der Waals surface area contributed by atoms with E-state index < -0.39 is 0 Å². The Kier molecular flexibility index (Phi) is 7.06. The number of carbonyl (C=O) groups is 1. The molecule has 2 unspecified atom stereocenters. The quantitative estimate of drug-likeness (QED) is 0.795. The van der Waals surface area contributed by atoms with Gasteiger partial charge in [0.2, 0.25) is 0 Å². The molecule has 2 aromatic rings. The van der Waals surface area contributed by atoms with E-state index in [1.165, 1.54) is 5.56 Å². The fraction of sp³-hybridized carbons (Fsp3) is 0.435. The Hall–Kier alpha value is -2.37. The zero-order valence-corrected chi connectivity index (χ0v) is 17.0. The molecule has 2 atom stereocenters. The molecule has 1 saturated heterocycles. The second-order valence-electron chi connectivity index (χ2n) is 7.35. The van der Waals surface area contributed by atoms with Gasteiger partial charge in [-0.1, -0.05) is 24.3 Å². The minimum absolute atomic E-state index is 0.0780. The first-order chi connectivity index (χ1) is 13.5. The third kappa shape index (κ3) is 5.57. The predicted octanol–water partition coefficient (Wildman–Crippen LogP) is 3.62. The molecule has 0 aromatic heterocycles. The highest BCUT2D eigenvalue weighted by atomic mass is 16.5. The number of hydrogen-bond donors (Lipinski definition) is 1. The smallest absolute Gasteiger partial charge is 0.254 e. The standard InChI is InChI=1S/C23H30N2O3/c1-4-27-22-7-5-6-20(12-22)14-24-13-19-8-10-21(11-9-19)23(26)25-15-17(2)28-18(3)16-25/h5-12,17-18,24H,4,13-16H2,1-3H3. The summed E-state index contributed by atoms with van der Waals surface area (Å²) in [6.45, 7) is 9.48. The molecule has 1 fully saturated rings. The van der Waals surface area contributed by atoms with Crippen molar-refractivity contribution in [3.8, 4) is 5.75 Å². The normalized spacial score (nSPS) is 19.5. The zero-order chi connectivity index (χ0) is 19.9. The van der Waals surface area contributed by atoms with Crippen molar-refractivity contribution in [1.29, 1.82) is 0 Å². The van der Waals surface area contributed by atoms with Gasteiger partial charge in [0, 0.05) is 31.7 Å². The van der Waals surface area contributed by atoms with Gasteiger partial charge in [-0.2, -0.15) is 0 Å². The minimum atomic E-state index is 0.0780. The van der Waals surface area contributed by atoms with E-state index in [4.69, 9.17) is 9.47 Å². The summed E-state index contributed by atoms with van der Waals surface area (Å²) in [7, 11) is 0. The van der Waals surface area contributed by atoms with Gasteiger partial charge in [-0.25, -0.2) is 0 Å². The molecule has 28 heavy (non-hydrogen) atoms. The van der Waals surface area contributed by atoms with Gasteiger partial charge in [0.15, 0.2) is 0 Å². The highest BCUT2D eigenvalue weighted by Gasteiger charge is 2.26. The van der Waals surface area contributed by atoms with Gasteiger partial charge in [0.25, 0.3) is 5.91 Å². The molecule has 1 amide bonds. The molecule has 0 aliphatic carbocycles. The summed E-state index contributed by atoms with van der Waals surface area (Å²) < 4.78 is 11.3. The lowest BCUT2D eigenvalue weighted by Crippen LogP contribution is -2.48. The molecule has 0 saturated carbocycles. The molecule has 150 valence electrons. The number of ether oxygens (including phenoxy) is 2. The molecular formula is C23H30N2O3. The van der Waals surface area contributed by atoms with Crippen LogP contribution in [0.4, 0.5) is 0 Å². The number of rotatable bonds is 7. The van der Waals surface area contributed by atoms with Crippen molar-refractivity contribution in [2.24, 2.45) is 0 Å². The molecule has 0 bridgehead atoms. The van der Waals surface area contributed by atoms with Gasteiger partial charge in [0.1, 0.15) is 5.75 Å². The van der Waals surface area contributed by atoms with E-state index in [1.807, 2.05) is 62.1 Å². The van der Waals surface area contributed by atoms with Crippen LogP contribution in [0.5, 0.6) is 5.75 Å². The number of benzene rings is 2. The fourth-order valence-corrected chi connectivity index (χ4v) is 3.55. The van der Waals surface area contributed by atoms with Crippen molar-refractivity contribution in [2.45, 2.75) is 46.1 Å². The van der Waals surface area contributed by atoms with Crippen molar-refractivity contribution in [3.63, 3.8) is 0 Å². The summed E-state index contributed by atoms with van der Waals surface area (Å²) in [4.78, 5) is 14.6. The van der Waals surface area contributed by atoms with E-state index in [2.05, 4.69) is 17.4 Å². The van der Waals surface area contributed by atoms with Gasteiger partial charge in [-0.3, -0.25) is 4.79 Å². The van der Waals surface area contributed by atoms with Crippen LogP contribution in [-0.2, 0) is 17.8 Å². The minimum Gasteiger partial charge on any atom is -0.494 e. The second kappa shape index (κ2) is 9.71. The fourth-order valence-electron chi connectivity index (χ4n) is 3.55. The van der Waals surface area contributed by atoms with Crippen LogP contribution in [0, 0.1) is 0 Å². The molecule has 0 spiro atoms. The summed E-state index contributed by atoms with van der Waals surface area (Å²) in [6, 6.07) is 16.0. The SMILES string of the molecule is CCOc1cccc(CNCc2ccc(C(=O)N3CC(C)OC(C)C3)cc2)c1. The largest absolute Gasteiger partial charge is 0.494 e. The van der Waals surface area contributed by atoms with Crippen molar-refractivity contribution >= 4 is 5.91 Å². The highest BCUT2D eigenvalue weighted by molar-refractivity contribution is 5.94. The first kappa shape index (κ1) is 20.4. The summed E-state index contributed by atoms with van der Waals surface area (Å²) in [5, 5.41) is 3.44. The van der Waals surface area contributed by atoms with Crippen molar-refractivity contribution in [2.75, 3.05) is 19.7 Å². The molecule has 2 aromatic carbocycles. The van der Waals surface area contributed by atoms with Gasteiger partial charge < -0.3 is 19.7 Å². The average Bonchev–Trinajstić information content (AvgIpc) is 2.68. The monoisotopic (exact) mass is 382 g/mol. The lowest BCUT2D eigenvalue weighted by molar-refractivity contribution is -0.0586. The molecule has 5 heteroatoms. The van der Waals surface area contributed by atoms with E-state index in [-0.39, 0.29) is 18.1 Å². The van der Waals surface area contributed by atoms with Crippen LogP contribution in [0.15, 0.2) is 48.5 Å². The summed E-state index contributed by atoms with van der Waals surface area (Å²) in [5.74, 6) is 0.977. The van der Waals surface area contributed by atoms with E-state index in [9.17, 15) is 4.79 Å². The average molecular weight is 383 g/mol. The number of hydrogen-bond acceptors (Lipinski definition) is 4. The van der Waals surface area contributed by atoms with Crippen molar-refractivity contribution in [1.82, 2.24) is 10.2 Å². The number of nitrogens with one attached hydrogen (secondary N) is 1. The van der Waals surface area contributed by atoms with Gasteiger partial charge in [-0.15, -0.1) is 0 Å². The molecule has 3 rings (SSSR count). The highest BCUT2D eigenvalue weighted by Crippen LogP contribution is 2.16. The lowest BCUT2D eigenvalue weighted by Gasteiger charge is -2.35. The Bertz CT molecular complexity index is 766. The summed E-state index contributed by atoms with van der Waals surface area (Å²) in [6.07, 6.45) is 0.162. The third-order valence-corrected chi connectivity index (χ3v) is 4.78. The number of amides is 1. The first-order valence-electron chi connectivity index (χ1n) is 10.0. The van der Waals surface area contributed by atoms with E-state index in [1.54, 1.807) is 0 Å². The summed E-state index contributed by atoms with van der Waals surface area (Å²) in [5.41, 5.74) is 3.07. The Morgan fingerprint density at radius 3 is 2.43 bits per heavy atom. The Morgan fingerprint density at radius 2 is 1.75 bits per heavy atom. The maximum absolute atomic E-state index is 12.7. The van der Waals surface area contributed by atoms with Crippen molar-refractivity contribution < 1.29 is 14.3 Å². The van der Waals surface area contributed by atoms with E-state index >= 15 is 0 Å². The van der Waals surface area contributed by atoms with Gasteiger partial charge in [-0.05, 0) is 56.2 Å². The van der Waals surface area contributed by atoms with Crippen LogP contribution in [0.1, 0.15) is 42.3 Å². The first-order valence-corrected chi connectivity index (χ1v) is 10.0. The zero-order valence-electron chi connectivity index (χ0n) is 17.0. The number of nitrogens with zero attached hydrogens (tertiary/aromatic N) is 1. The molecule has 5 nitrogen and oxygen atoms in total. The molecular weight excluding hydrogens is 352 g/mol. The van der Waals surface area contributed by atoms with Crippen LogP contribution in [0.2, 0.25) is 0 Å². The molecule has 1 aliphatic heterocycles. The topological polar surface area (TPSA) is 50.8 Å². The number of morpholine rings is 1.